The molecule has 0 radical (unpaired) electrons. The summed E-state index contributed by atoms with van der Waals surface area (Å²) in [6.45, 7) is 0.464. The maximum absolute atomic E-state index is 11.3. The van der Waals surface area contributed by atoms with Crippen LogP contribution >= 0.6 is 0 Å². The van der Waals surface area contributed by atoms with Gasteiger partial charge in [-0.3, -0.25) is 9.59 Å². The summed E-state index contributed by atoms with van der Waals surface area (Å²) in [5, 5.41) is 14.7. The van der Waals surface area contributed by atoms with E-state index in [0.29, 0.717) is 31.5 Å². The third-order valence-corrected chi connectivity index (χ3v) is 1.79. The summed E-state index contributed by atoms with van der Waals surface area (Å²) in [4.78, 5) is 22.0. The fourth-order valence-corrected chi connectivity index (χ4v) is 1.02. The molecule has 0 fully saturated rings. The molecule has 0 saturated carbocycles. The molecule has 0 saturated heterocycles. The van der Waals surface area contributed by atoms with E-state index in [4.69, 9.17) is 5.11 Å². The van der Waals surface area contributed by atoms with Crippen molar-refractivity contribution in [1.29, 1.82) is 0 Å². The fourth-order valence-electron chi connectivity index (χ4n) is 1.02. The van der Waals surface area contributed by atoms with Crippen LogP contribution in [0, 0.1) is 0 Å². The molecule has 0 aliphatic carbocycles. The summed E-state index contributed by atoms with van der Waals surface area (Å²) < 4.78 is 0. The zero-order valence-electron chi connectivity index (χ0n) is 7.75. The first-order chi connectivity index (χ1) is 6.74. The molecule has 6 nitrogen and oxygen atoms in total. The normalized spacial score (nSPS) is 15.8. The predicted octanol–water partition coefficient (Wildman–Crippen LogP) is -1.25. The van der Waals surface area contributed by atoms with Gasteiger partial charge in [-0.2, -0.15) is 5.10 Å². The highest BCUT2D eigenvalue weighted by Gasteiger charge is 2.17. The molecule has 0 bridgehead atoms. The zero-order valence-corrected chi connectivity index (χ0v) is 7.75. The zero-order chi connectivity index (χ0) is 10.4. The maximum atomic E-state index is 11.3. The number of hydrazone groups is 1. The Morgan fingerprint density at radius 1 is 1.57 bits per heavy atom. The Morgan fingerprint density at radius 3 is 2.93 bits per heavy atom. The first kappa shape index (κ1) is 10.6. The van der Waals surface area contributed by atoms with Gasteiger partial charge in [0, 0.05) is 26.0 Å². The quantitative estimate of drug-likeness (QED) is 0.494. The van der Waals surface area contributed by atoms with Gasteiger partial charge in [-0.1, -0.05) is 0 Å². The molecule has 1 aliphatic rings. The van der Waals surface area contributed by atoms with Crippen molar-refractivity contribution in [1.82, 2.24) is 10.7 Å². The Hall–Kier alpha value is -1.43. The molecule has 3 N–H and O–H groups in total. The maximum Gasteiger partial charge on any atom is 0.267 e. The van der Waals surface area contributed by atoms with Crippen molar-refractivity contribution < 1.29 is 14.7 Å². The van der Waals surface area contributed by atoms with E-state index < -0.39 is 0 Å². The first-order valence-corrected chi connectivity index (χ1v) is 4.48. The smallest absolute Gasteiger partial charge is 0.267 e. The van der Waals surface area contributed by atoms with E-state index in [2.05, 4.69) is 15.8 Å². The number of hydrogen-bond acceptors (Lipinski definition) is 4. The second-order valence-electron chi connectivity index (χ2n) is 2.93. The van der Waals surface area contributed by atoms with E-state index in [0.717, 1.165) is 0 Å². The van der Waals surface area contributed by atoms with E-state index in [9.17, 15) is 9.59 Å². The lowest BCUT2D eigenvalue weighted by molar-refractivity contribution is -0.121. The van der Waals surface area contributed by atoms with Gasteiger partial charge in [-0.05, 0) is 6.42 Å². The van der Waals surface area contributed by atoms with Crippen molar-refractivity contribution in [3.63, 3.8) is 0 Å². The first-order valence-electron chi connectivity index (χ1n) is 4.48. The Kier molecular flexibility index (Phi) is 4.06. The lowest BCUT2D eigenvalue weighted by Crippen LogP contribution is -2.37. The summed E-state index contributed by atoms with van der Waals surface area (Å²) in [5.41, 5.74) is 2.58. The second-order valence-corrected chi connectivity index (χ2v) is 2.93. The monoisotopic (exact) mass is 199 g/mol. The number of nitrogens with zero attached hydrogens (tertiary/aromatic N) is 1. The number of amides is 2. The van der Waals surface area contributed by atoms with E-state index in [1.165, 1.54) is 0 Å². The van der Waals surface area contributed by atoms with Gasteiger partial charge in [0.2, 0.25) is 5.91 Å². The molecule has 0 unspecified atom stereocenters. The fraction of sp³-hybridized carbons (Fsp3) is 0.625. The number of nitrogens with one attached hydrogen (secondary N) is 2. The summed E-state index contributed by atoms with van der Waals surface area (Å²) >= 11 is 0. The van der Waals surface area contributed by atoms with Gasteiger partial charge in [0.1, 0.15) is 5.71 Å². The molecule has 0 atom stereocenters. The molecule has 0 aromatic carbocycles. The van der Waals surface area contributed by atoms with Crippen LogP contribution in [-0.4, -0.2) is 35.8 Å². The minimum Gasteiger partial charge on any atom is -0.396 e. The average molecular weight is 199 g/mol. The molecule has 1 aliphatic heterocycles. The Morgan fingerprint density at radius 2 is 2.36 bits per heavy atom. The summed E-state index contributed by atoms with van der Waals surface area (Å²) in [6, 6.07) is 0. The van der Waals surface area contributed by atoms with Crippen molar-refractivity contribution in [2.75, 3.05) is 13.2 Å². The lowest BCUT2D eigenvalue weighted by Gasteiger charge is -2.11. The predicted molar refractivity (Wildman–Crippen MR) is 49.5 cm³/mol. The molecule has 0 spiro atoms. The largest absolute Gasteiger partial charge is 0.396 e. The van der Waals surface area contributed by atoms with Crippen LogP contribution in [0.4, 0.5) is 0 Å². The Balaban J connectivity index is 2.33. The molecule has 78 valence electrons. The SMILES string of the molecule is O=C1CCC(C(=O)NCCCO)=NN1. The Labute approximate surface area is 81.4 Å². The number of rotatable bonds is 4. The molecular weight excluding hydrogens is 186 g/mol. The van der Waals surface area contributed by atoms with E-state index in [1.807, 2.05) is 0 Å². The van der Waals surface area contributed by atoms with E-state index in [1.54, 1.807) is 0 Å². The van der Waals surface area contributed by atoms with Gasteiger partial charge in [-0.25, -0.2) is 5.43 Å². The van der Waals surface area contributed by atoms with Gasteiger partial charge in [0.15, 0.2) is 0 Å². The van der Waals surface area contributed by atoms with Gasteiger partial charge in [0.25, 0.3) is 5.91 Å². The van der Waals surface area contributed by atoms with Crippen LogP contribution in [0.15, 0.2) is 5.10 Å². The third kappa shape index (κ3) is 3.14. The molecule has 2 amide bonds. The van der Waals surface area contributed by atoms with Gasteiger partial charge < -0.3 is 10.4 Å². The van der Waals surface area contributed by atoms with Gasteiger partial charge in [0.05, 0.1) is 0 Å². The van der Waals surface area contributed by atoms with Crippen LogP contribution in [0.1, 0.15) is 19.3 Å². The van der Waals surface area contributed by atoms with Crippen LogP contribution < -0.4 is 10.7 Å². The van der Waals surface area contributed by atoms with Crippen LogP contribution in [0.25, 0.3) is 0 Å². The van der Waals surface area contributed by atoms with Gasteiger partial charge in [-0.15, -0.1) is 0 Å². The van der Waals surface area contributed by atoms with Crippen LogP contribution in [0.5, 0.6) is 0 Å². The number of carbonyl (C=O) groups excluding carboxylic acids is 2. The summed E-state index contributed by atoms with van der Waals surface area (Å²) in [6.07, 6.45) is 1.19. The number of aliphatic hydroxyl groups is 1. The highest BCUT2D eigenvalue weighted by molar-refractivity contribution is 6.39. The Bertz CT molecular complexity index is 263. The summed E-state index contributed by atoms with van der Waals surface area (Å²) in [7, 11) is 0. The van der Waals surface area contributed by atoms with Crippen molar-refractivity contribution in [3.05, 3.63) is 0 Å². The minimum absolute atomic E-state index is 0.0451. The standard InChI is InChI=1S/C8H13N3O3/c12-5-1-4-9-8(14)6-2-3-7(13)11-10-6/h12H,1-5H2,(H,9,14)(H,11,13). The molecule has 14 heavy (non-hydrogen) atoms. The second kappa shape index (κ2) is 5.33. The average Bonchev–Trinajstić information content (AvgIpc) is 2.19. The lowest BCUT2D eigenvalue weighted by atomic mass is 10.1. The van der Waals surface area contributed by atoms with Crippen LogP contribution in [0.3, 0.4) is 0 Å². The third-order valence-electron chi connectivity index (χ3n) is 1.79. The highest BCUT2D eigenvalue weighted by atomic mass is 16.3. The molecule has 0 aromatic heterocycles. The number of hydrogen-bond donors (Lipinski definition) is 3. The van der Waals surface area contributed by atoms with E-state index >= 15 is 0 Å². The molecule has 0 aromatic rings. The topological polar surface area (TPSA) is 90.8 Å². The molecular formula is C8H13N3O3. The summed E-state index contributed by atoms with van der Waals surface area (Å²) in [5.74, 6) is -0.449. The van der Waals surface area contributed by atoms with Crippen molar-refractivity contribution in [3.8, 4) is 0 Å². The number of carbonyl (C=O) groups is 2. The highest BCUT2D eigenvalue weighted by Crippen LogP contribution is 1.99. The molecule has 6 heteroatoms. The van der Waals surface area contributed by atoms with Crippen molar-refractivity contribution in [2.45, 2.75) is 19.3 Å². The minimum atomic E-state index is -0.279. The molecule has 1 rings (SSSR count). The number of aliphatic hydroxyl groups excluding tert-OH is 1. The van der Waals surface area contributed by atoms with Gasteiger partial charge >= 0.3 is 0 Å². The van der Waals surface area contributed by atoms with Crippen LogP contribution in [-0.2, 0) is 9.59 Å². The molecule has 1 heterocycles. The van der Waals surface area contributed by atoms with Crippen molar-refractivity contribution >= 4 is 17.5 Å². The van der Waals surface area contributed by atoms with E-state index in [-0.39, 0.29) is 18.4 Å². The van der Waals surface area contributed by atoms with Crippen LogP contribution in [0.2, 0.25) is 0 Å². The van der Waals surface area contributed by atoms with Crippen molar-refractivity contribution in [2.24, 2.45) is 5.10 Å².